The second-order valence-electron chi connectivity index (χ2n) is 5.15. The van der Waals surface area contributed by atoms with Gasteiger partial charge in [-0.2, -0.15) is 20.8 Å². The monoisotopic (exact) mass is 308 g/mol. The molecule has 0 aliphatic heterocycles. The molecule has 8 nitrogen and oxygen atoms in total. The van der Waals surface area contributed by atoms with Gasteiger partial charge in [0.25, 0.3) is 0 Å². The van der Waals surface area contributed by atoms with Gasteiger partial charge in [0, 0.05) is 11.8 Å². The topological polar surface area (TPSA) is 147 Å². The first kappa shape index (κ1) is 19.5. The predicted molar refractivity (Wildman–Crippen MR) is 75.7 cm³/mol. The van der Waals surface area contributed by atoms with E-state index < -0.39 is 24.0 Å². The summed E-state index contributed by atoms with van der Waals surface area (Å²) < 4.78 is 0. The Hall–Kier alpha value is -2.48. The van der Waals surface area contributed by atoms with Crippen molar-refractivity contribution in [3.05, 3.63) is 0 Å². The number of rotatable bonds is 10. The van der Waals surface area contributed by atoms with Crippen LogP contribution in [0.3, 0.4) is 0 Å². The first-order chi connectivity index (χ1) is 10.3. The Bertz CT molecular complexity index is 448. The fraction of sp³-hybridized carbons (Fsp3) is 0.714. The standard InChI is InChI=1S/C14H20N4O4/c1-9(7-15)3-5-11(13(19)20)17-18-12(14(21)22)6-4-10(2)8-16/h9-12H,3-6H2,1-2H3,(H,19,20)(H,21,22)/b18-17+. The predicted octanol–water partition coefficient (Wildman–Crippen LogP) is 2.22. The summed E-state index contributed by atoms with van der Waals surface area (Å²) >= 11 is 0. The van der Waals surface area contributed by atoms with Crippen LogP contribution in [0.25, 0.3) is 0 Å². The zero-order valence-electron chi connectivity index (χ0n) is 12.6. The summed E-state index contributed by atoms with van der Waals surface area (Å²) in [5.74, 6) is -3.01. The molecule has 0 aliphatic rings. The van der Waals surface area contributed by atoms with Crippen molar-refractivity contribution in [1.29, 1.82) is 10.5 Å². The number of nitriles is 2. The fourth-order valence-electron chi connectivity index (χ4n) is 1.57. The van der Waals surface area contributed by atoms with Crippen molar-refractivity contribution in [3.63, 3.8) is 0 Å². The molecule has 0 aliphatic carbocycles. The zero-order valence-corrected chi connectivity index (χ0v) is 12.6. The maximum atomic E-state index is 11.1. The Morgan fingerprint density at radius 3 is 1.41 bits per heavy atom. The van der Waals surface area contributed by atoms with Crippen molar-refractivity contribution >= 4 is 11.9 Å². The molecule has 0 rings (SSSR count). The van der Waals surface area contributed by atoms with E-state index >= 15 is 0 Å². The molecular weight excluding hydrogens is 288 g/mol. The fourth-order valence-corrected chi connectivity index (χ4v) is 1.57. The highest BCUT2D eigenvalue weighted by molar-refractivity contribution is 5.74. The lowest BCUT2D eigenvalue weighted by Crippen LogP contribution is -2.22. The molecule has 0 aromatic rings. The third-order valence-electron chi connectivity index (χ3n) is 3.10. The smallest absolute Gasteiger partial charge is 0.330 e. The second-order valence-corrected chi connectivity index (χ2v) is 5.15. The van der Waals surface area contributed by atoms with Gasteiger partial charge in [-0.1, -0.05) is 0 Å². The van der Waals surface area contributed by atoms with E-state index in [2.05, 4.69) is 10.2 Å². The summed E-state index contributed by atoms with van der Waals surface area (Å²) in [7, 11) is 0. The molecule has 2 N–H and O–H groups in total. The van der Waals surface area contributed by atoms with Crippen molar-refractivity contribution in [3.8, 4) is 12.1 Å². The Morgan fingerprint density at radius 2 is 1.18 bits per heavy atom. The molecule has 0 aromatic heterocycles. The summed E-state index contributed by atoms with van der Waals surface area (Å²) in [5, 5.41) is 42.6. The number of carboxylic acid groups (broad SMARTS) is 2. The molecular formula is C14H20N4O4. The number of azo groups is 1. The molecule has 0 radical (unpaired) electrons. The van der Waals surface area contributed by atoms with Crippen molar-refractivity contribution < 1.29 is 19.8 Å². The van der Waals surface area contributed by atoms with Gasteiger partial charge >= 0.3 is 11.9 Å². The Kier molecular flexibility index (Phi) is 9.12. The van der Waals surface area contributed by atoms with E-state index in [4.69, 9.17) is 20.7 Å². The molecule has 0 heterocycles. The van der Waals surface area contributed by atoms with Crippen LogP contribution in [-0.4, -0.2) is 34.2 Å². The van der Waals surface area contributed by atoms with Gasteiger partial charge in [0.05, 0.1) is 12.1 Å². The number of carbonyl (C=O) groups is 2. The molecule has 0 saturated heterocycles. The lowest BCUT2D eigenvalue weighted by Gasteiger charge is -2.10. The first-order valence-electron chi connectivity index (χ1n) is 6.96. The van der Waals surface area contributed by atoms with E-state index in [0.717, 1.165) is 0 Å². The van der Waals surface area contributed by atoms with Crippen molar-refractivity contribution in [2.75, 3.05) is 0 Å². The van der Waals surface area contributed by atoms with Crippen LogP contribution in [0.5, 0.6) is 0 Å². The number of hydrogen-bond acceptors (Lipinski definition) is 6. The van der Waals surface area contributed by atoms with Crippen LogP contribution in [0.4, 0.5) is 0 Å². The van der Waals surface area contributed by atoms with Crippen LogP contribution in [-0.2, 0) is 9.59 Å². The molecule has 0 spiro atoms. The van der Waals surface area contributed by atoms with Crippen molar-refractivity contribution in [2.24, 2.45) is 22.1 Å². The molecule has 120 valence electrons. The summed E-state index contributed by atoms with van der Waals surface area (Å²) in [4.78, 5) is 22.1. The van der Waals surface area contributed by atoms with E-state index in [1.54, 1.807) is 13.8 Å². The first-order valence-corrected chi connectivity index (χ1v) is 6.96. The number of carboxylic acids is 2. The SMILES string of the molecule is CC(C#N)CCC(/N=N/C(CCC(C)C#N)C(=O)O)C(=O)O. The minimum atomic E-state index is -1.21. The molecule has 0 amide bonds. The van der Waals surface area contributed by atoms with Crippen molar-refractivity contribution in [2.45, 2.75) is 51.6 Å². The van der Waals surface area contributed by atoms with E-state index in [0.29, 0.717) is 12.8 Å². The average molecular weight is 308 g/mol. The van der Waals surface area contributed by atoms with Gasteiger partial charge in [0.2, 0.25) is 0 Å². The largest absolute Gasteiger partial charge is 0.480 e. The van der Waals surface area contributed by atoms with E-state index in [-0.39, 0.29) is 24.7 Å². The van der Waals surface area contributed by atoms with Crippen LogP contribution in [0, 0.1) is 34.5 Å². The lowest BCUT2D eigenvalue weighted by molar-refractivity contribution is -0.140. The summed E-state index contributed by atoms with van der Waals surface area (Å²) in [6.45, 7) is 3.33. The van der Waals surface area contributed by atoms with Gasteiger partial charge in [0.15, 0.2) is 12.1 Å². The maximum absolute atomic E-state index is 11.1. The Balaban J connectivity index is 4.72. The van der Waals surface area contributed by atoms with E-state index in [1.165, 1.54) is 0 Å². The molecule has 0 aromatic carbocycles. The van der Waals surface area contributed by atoms with Crippen LogP contribution in [0.15, 0.2) is 10.2 Å². The van der Waals surface area contributed by atoms with Gasteiger partial charge in [-0.15, -0.1) is 0 Å². The highest BCUT2D eigenvalue weighted by Gasteiger charge is 2.21. The normalized spacial score (nSPS) is 16.2. The molecule has 8 heteroatoms. The van der Waals surface area contributed by atoms with Gasteiger partial charge in [-0.3, -0.25) is 0 Å². The summed E-state index contributed by atoms with van der Waals surface area (Å²) in [5.41, 5.74) is 0. The molecule has 4 atom stereocenters. The van der Waals surface area contributed by atoms with Crippen LogP contribution in [0.1, 0.15) is 39.5 Å². The van der Waals surface area contributed by atoms with E-state index in [1.807, 2.05) is 12.1 Å². The highest BCUT2D eigenvalue weighted by Crippen LogP contribution is 2.14. The second kappa shape index (κ2) is 10.3. The highest BCUT2D eigenvalue weighted by atomic mass is 16.4. The van der Waals surface area contributed by atoms with Crippen LogP contribution < -0.4 is 0 Å². The molecule has 0 saturated carbocycles. The zero-order chi connectivity index (χ0) is 17.1. The summed E-state index contributed by atoms with van der Waals surface area (Å²) in [6, 6.07) is 1.66. The molecule has 0 bridgehead atoms. The number of aliphatic carboxylic acids is 2. The third-order valence-corrected chi connectivity index (χ3v) is 3.10. The van der Waals surface area contributed by atoms with Crippen LogP contribution >= 0.6 is 0 Å². The lowest BCUT2D eigenvalue weighted by atomic mass is 10.0. The molecule has 0 fully saturated rings. The van der Waals surface area contributed by atoms with E-state index in [9.17, 15) is 9.59 Å². The molecule has 4 unspecified atom stereocenters. The summed E-state index contributed by atoms with van der Waals surface area (Å²) in [6.07, 6.45) is 0.925. The minimum Gasteiger partial charge on any atom is -0.480 e. The molecule has 22 heavy (non-hydrogen) atoms. The maximum Gasteiger partial charge on any atom is 0.330 e. The number of hydrogen-bond donors (Lipinski definition) is 2. The minimum absolute atomic E-state index is 0.120. The van der Waals surface area contributed by atoms with Gasteiger partial charge in [0.1, 0.15) is 0 Å². The van der Waals surface area contributed by atoms with Gasteiger partial charge in [-0.25, -0.2) is 9.59 Å². The van der Waals surface area contributed by atoms with Gasteiger partial charge < -0.3 is 10.2 Å². The average Bonchev–Trinajstić information content (AvgIpc) is 2.48. The Morgan fingerprint density at radius 1 is 0.864 bits per heavy atom. The van der Waals surface area contributed by atoms with Crippen LogP contribution in [0.2, 0.25) is 0 Å². The quantitative estimate of drug-likeness (QED) is 0.591. The van der Waals surface area contributed by atoms with Gasteiger partial charge in [-0.05, 0) is 39.5 Å². The number of nitrogens with zero attached hydrogens (tertiary/aromatic N) is 4. The Labute approximate surface area is 129 Å². The third kappa shape index (κ3) is 7.95. The van der Waals surface area contributed by atoms with Crippen molar-refractivity contribution in [1.82, 2.24) is 0 Å².